The van der Waals surface area contributed by atoms with Crippen LogP contribution in [0.15, 0.2) is 18.2 Å². The molecule has 0 bridgehead atoms. The molecule has 0 amide bonds. The molecule has 0 spiro atoms. The van der Waals surface area contributed by atoms with Crippen LogP contribution >= 0.6 is 0 Å². The zero-order valence-electron chi connectivity index (χ0n) is 10.0. The van der Waals surface area contributed by atoms with Crippen molar-refractivity contribution in [3.05, 3.63) is 35.4 Å². The van der Waals surface area contributed by atoms with Gasteiger partial charge in [0, 0.05) is 33.2 Å². The van der Waals surface area contributed by atoms with Gasteiger partial charge in [0.25, 0.3) is 0 Å². The van der Waals surface area contributed by atoms with Gasteiger partial charge in [-0.1, -0.05) is 6.07 Å². The first kappa shape index (κ1) is 13.1. The molecule has 18 heavy (non-hydrogen) atoms. The van der Waals surface area contributed by atoms with Crippen LogP contribution in [0.1, 0.15) is 23.2 Å². The molecule has 3 nitrogen and oxygen atoms in total. The lowest BCUT2D eigenvalue weighted by Crippen LogP contribution is -2.46. The highest BCUT2D eigenvalue weighted by atomic mass is 19.1. The Hall–Kier alpha value is -1.33. The minimum Gasteiger partial charge on any atom is -0.381 e. The summed E-state index contributed by atoms with van der Waals surface area (Å²) >= 11 is 0. The van der Waals surface area contributed by atoms with Crippen LogP contribution in [-0.4, -0.2) is 31.7 Å². The standard InChI is InChI=1S/C13H14F2O3/c1-17-13(5-7-18-8-6-13)12(16)11-9(14)3-2-4-10(11)15/h2-4H,5-8H2,1H3. The molecule has 1 aromatic rings. The Kier molecular flexibility index (Phi) is 3.73. The molecule has 1 aliphatic heterocycles. The number of benzene rings is 1. The van der Waals surface area contributed by atoms with E-state index in [1.807, 2.05) is 0 Å². The van der Waals surface area contributed by atoms with Gasteiger partial charge in [0.1, 0.15) is 17.2 Å². The Morgan fingerprint density at radius 3 is 2.33 bits per heavy atom. The molecule has 5 heteroatoms. The van der Waals surface area contributed by atoms with Gasteiger partial charge in [0.15, 0.2) is 0 Å². The van der Waals surface area contributed by atoms with Crippen molar-refractivity contribution in [2.45, 2.75) is 18.4 Å². The molecule has 1 fully saturated rings. The normalized spacial score (nSPS) is 18.6. The Balaban J connectivity index is 2.40. The molecule has 0 atom stereocenters. The number of rotatable bonds is 3. The molecule has 1 aromatic carbocycles. The van der Waals surface area contributed by atoms with Crippen LogP contribution in [0.25, 0.3) is 0 Å². The third-order valence-electron chi connectivity index (χ3n) is 3.29. The highest BCUT2D eigenvalue weighted by Gasteiger charge is 2.42. The van der Waals surface area contributed by atoms with E-state index >= 15 is 0 Å². The largest absolute Gasteiger partial charge is 0.381 e. The fraction of sp³-hybridized carbons (Fsp3) is 0.462. The van der Waals surface area contributed by atoms with E-state index in [0.717, 1.165) is 12.1 Å². The average Bonchev–Trinajstić information content (AvgIpc) is 2.39. The fourth-order valence-corrected chi connectivity index (χ4v) is 2.17. The van der Waals surface area contributed by atoms with Gasteiger partial charge in [0.2, 0.25) is 5.78 Å². The molecule has 1 aliphatic rings. The van der Waals surface area contributed by atoms with Crippen LogP contribution in [-0.2, 0) is 9.47 Å². The van der Waals surface area contributed by atoms with Crippen molar-refractivity contribution in [1.82, 2.24) is 0 Å². The number of carbonyl (C=O) groups excluding carboxylic acids is 1. The molecule has 1 saturated heterocycles. The third kappa shape index (κ3) is 2.15. The maximum Gasteiger partial charge on any atom is 0.200 e. The van der Waals surface area contributed by atoms with E-state index in [0.29, 0.717) is 26.1 Å². The number of hydrogen-bond acceptors (Lipinski definition) is 3. The van der Waals surface area contributed by atoms with Crippen molar-refractivity contribution in [3.63, 3.8) is 0 Å². The van der Waals surface area contributed by atoms with Gasteiger partial charge in [-0.2, -0.15) is 0 Å². The third-order valence-corrected chi connectivity index (χ3v) is 3.29. The van der Waals surface area contributed by atoms with E-state index in [1.165, 1.54) is 13.2 Å². The maximum atomic E-state index is 13.6. The fourth-order valence-electron chi connectivity index (χ4n) is 2.17. The molecule has 0 saturated carbocycles. The van der Waals surface area contributed by atoms with Gasteiger partial charge in [-0.15, -0.1) is 0 Å². The lowest BCUT2D eigenvalue weighted by atomic mass is 9.85. The summed E-state index contributed by atoms with van der Waals surface area (Å²) in [6, 6.07) is 3.36. The van der Waals surface area contributed by atoms with Gasteiger partial charge in [-0.25, -0.2) is 8.78 Å². The molecule has 0 aliphatic carbocycles. The summed E-state index contributed by atoms with van der Waals surface area (Å²) < 4.78 is 37.6. The molecular weight excluding hydrogens is 242 g/mol. The van der Waals surface area contributed by atoms with Crippen molar-refractivity contribution < 1.29 is 23.0 Å². The Morgan fingerprint density at radius 1 is 1.28 bits per heavy atom. The highest BCUT2D eigenvalue weighted by molar-refractivity contribution is 6.03. The molecule has 98 valence electrons. The smallest absolute Gasteiger partial charge is 0.200 e. The van der Waals surface area contributed by atoms with Gasteiger partial charge in [-0.3, -0.25) is 4.79 Å². The molecule has 0 N–H and O–H groups in total. The quantitative estimate of drug-likeness (QED) is 0.779. The first-order valence-corrected chi connectivity index (χ1v) is 5.72. The van der Waals surface area contributed by atoms with E-state index in [1.54, 1.807) is 0 Å². The van der Waals surface area contributed by atoms with E-state index in [-0.39, 0.29) is 0 Å². The minimum atomic E-state index is -1.18. The topological polar surface area (TPSA) is 35.5 Å². The first-order chi connectivity index (χ1) is 8.60. The Bertz CT molecular complexity index is 433. The van der Waals surface area contributed by atoms with Gasteiger partial charge in [-0.05, 0) is 12.1 Å². The number of methoxy groups -OCH3 is 1. The first-order valence-electron chi connectivity index (χ1n) is 5.72. The van der Waals surface area contributed by atoms with Gasteiger partial charge in [0.05, 0.1) is 5.56 Å². The summed E-state index contributed by atoms with van der Waals surface area (Å²) in [6.07, 6.45) is 0.603. The van der Waals surface area contributed by atoms with Crippen LogP contribution in [0.3, 0.4) is 0 Å². The zero-order valence-corrected chi connectivity index (χ0v) is 10.0. The van der Waals surface area contributed by atoms with Crippen LogP contribution in [0, 0.1) is 11.6 Å². The molecule has 1 heterocycles. The maximum absolute atomic E-state index is 13.6. The van der Waals surface area contributed by atoms with Crippen molar-refractivity contribution in [3.8, 4) is 0 Å². The summed E-state index contributed by atoms with van der Waals surface area (Å²) in [5.41, 5.74) is -1.71. The SMILES string of the molecule is COC1(C(=O)c2c(F)cccc2F)CCOCC1. The second kappa shape index (κ2) is 5.12. The van der Waals surface area contributed by atoms with Crippen molar-refractivity contribution >= 4 is 5.78 Å². The lowest BCUT2D eigenvalue weighted by Gasteiger charge is -2.34. The summed E-state index contributed by atoms with van der Waals surface area (Å²) in [4.78, 5) is 12.3. The number of halogens is 2. The van der Waals surface area contributed by atoms with Crippen molar-refractivity contribution in [1.29, 1.82) is 0 Å². The van der Waals surface area contributed by atoms with Crippen molar-refractivity contribution in [2.24, 2.45) is 0 Å². The number of hydrogen-bond donors (Lipinski definition) is 0. The summed E-state index contributed by atoms with van der Waals surface area (Å²) in [6.45, 7) is 0.686. The summed E-state index contributed by atoms with van der Waals surface area (Å²) in [7, 11) is 1.38. The van der Waals surface area contributed by atoms with Crippen molar-refractivity contribution in [2.75, 3.05) is 20.3 Å². The second-order valence-electron chi connectivity index (χ2n) is 4.24. The van der Waals surface area contributed by atoms with Crippen LogP contribution in [0.2, 0.25) is 0 Å². The van der Waals surface area contributed by atoms with E-state index in [4.69, 9.17) is 9.47 Å². The van der Waals surface area contributed by atoms with Crippen LogP contribution < -0.4 is 0 Å². The van der Waals surface area contributed by atoms with Crippen LogP contribution in [0.4, 0.5) is 8.78 Å². The Labute approximate surface area is 104 Å². The zero-order chi connectivity index (χ0) is 13.2. The van der Waals surface area contributed by atoms with E-state index < -0.39 is 28.6 Å². The van der Waals surface area contributed by atoms with Gasteiger partial charge < -0.3 is 9.47 Å². The lowest BCUT2D eigenvalue weighted by molar-refractivity contribution is -0.0666. The summed E-state index contributed by atoms with van der Waals surface area (Å²) in [5.74, 6) is -2.37. The molecule has 0 aromatic heterocycles. The van der Waals surface area contributed by atoms with Crippen LogP contribution in [0.5, 0.6) is 0 Å². The van der Waals surface area contributed by atoms with Gasteiger partial charge >= 0.3 is 0 Å². The molecule has 0 radical (unpaired) electrons. The summed E-state index contributed by atoms with van der Waals surface area (Å²) in [5, 5.41) is 0. The average molecular weight is 256 g/mol. The number of ketones is 1. The Morgan fingerprint density at radius 2 is 1.83 bits per heavy atom. The predicted octanol–water partition coefficient (Wildman–Crippen LogP) is 2.34. The van der Waals surface area contributed by atoms with E-state index in [9.17, 15) is 13.6 Å². The predicted molar refractivity (Wildman–Crippen MR) is 60.5 cm³/mol. The molecular formula is C13H14F2O3. The number of Topliss-reactive ketones (excluding diaryl/α,β-unsaturated/α-hetero) is 1. The second-order valence-corrected chi connectivity index (χ2v) is 4.24. The molecule has 2 rings (SSSR count). The number of carbonyl (C=O) groups is 1. The highest BCUT2D eigenvalue weighted by Crippen LogP contribution is 2.30. The monoisotopic (exact) mass is 256 g/mol. The van der Waals surface area contributed by atoms with E-state index in [2.05, 4.69) is 0 Å². The number of ether oxygens (including phenoxy) is 2. The molecule has 0 unspecified atom stereocenters. The minimum absolute atomic E-state index is 0.302.